The molecule has 0 saturated heterocycles. The van der Waals surface area contributed by atoms with E-state index in [1.165, 1.54) is 4.80 Å². The molecule has 0 fully saturated rings. The van der Waals surface area contributed by atoms with Gasteiger partial charge in [0.1, 0.15) is 5.69 Å². The van der Waals surface area contributed by atoms with E-state index in [0.717, 1.165) is 0 Å². The fourth-order valence-electron chi connectivity index (χ4n) is 1.21. The molecule has 7 heteroatoms. The number of rotatable bonds is 3. The molecule has 16 heavy (non-hydrogen) atoms. The molecule has 84 valence electrons. The molecule has 2 aromatic rings. The van der Waals surface area contributed by atoms with Crippen LogP contribution in [-0.2, 0) is 6.42 Å². The van der Waals surface area contributed by atoms with Gasteiger partial charge in [-0.1, -0.05) is 23.2 Å². The van der Waals surface area contributed by atoms with Gasteiger partial charge in [0.2, 0.25) is 0 Å². The predicted octanol–water partition coefficient (Wildman–Crippen LogP) is 1.47. The van der Waals surface area contributed by atoms with Crippen molar-refractivity contribution in [3.8, 4) is 5.69 Å². The number of halogens is 2. The summed E-state index contributed by atoms with van der Waals surface area (Å²) in [6.07, 6.45) is 0.582. The molecule has 1 heterocycles. The summed E-state index contributed by atoms with van der Waals surface area (Å²) in [7, 11) is 0. The van der Waals surface area contributed by atoms with E-state index in [2.05, 4.69) is 15.4 Å². The highest BCUT2D eigenvalue weighted by molar-refractivity contribution is 6.34. The topological polar surface area (TPSA) is 69.6 Å². The van der Waals surface area contributed by atoms with E-state index in [0.29, 0.717) is 34.5 Å². The smallest absolute Gasteiger partial charge is 0.176 e. The number of hydrogen-bond acceptors (Lipinski definition) is 4. The summed E-state index contributed by atoms with van der Waals surface area (Å²) in [6.45, 7) is 0.481. The third-order valence-corrected chi connectivity index (χ3v) is 2.50. The third kappa shape index (κ3) is 2.32. The van der Waals surface area contributed by atoms with Crippen molar-refractivity contribution in [3.63, 3.8) is 0 Å². The minimum absolute atomic E-state index is 0.481. The summed E-state index contributed by atoms with van der Waals surface area (Å²) in [5.74, 6) is 0.582. The largest absolute Gasteiger partial charge is 0.330 e. The summed E-state index contributed by atoms with van der Waals surface area (Å²) in [5.41, 5.74) is 6.00. The van der Waals surface area contributed by atoms with Crippen LogP contribution >= 0.6 is 23.2 Å². The molecule has 0 spiro atoms. The Morgan fingerprint density at radius 1 is 1.31 bits per heavy atom. The van der Waals surface area contributed by atoms with Gasteiger partial charge in [-0.05, 0) is 30.0 Å². The molecule has 2 N–H and O–H groups in total. The maximum atomic E-state index is 6.01. The Kier molecular flexibility index (Phi) is 3.38. The average molecular weight is 258 g/mol. The minimum atomic E-state index is 0.481. The van der Waals surface area contributed by atoms with Crippen molar-refractivity contribution in [2.75, 3.05) is 6.54 Å². The maximum Gasteiger partial charge on any atom is 0.176 e. The molecular formula is C9H9Cl2N5. The van der Waals surface area contributed by atoms with Crippen LogP contribution in [0.1, 0.15) is 5.82 Å². The molecule has 2 rings (SSSR count). The molecule has 1 aromatic heterocycles. The molecule has 0 radical (unpaired) electrons. The first-order valence-corrected chi connectivity index (χ1v) is 5.40. The van der Waals surface area contributed by atoms with Crippen molar-refractivity contribution in [1.29, 1.82) is 0 Å². The van der Waals surface area contributed by atoms with Crippen molar-refractivity contribution in [1.82, 2.24) is 20.2 Å². The first-order valence-electron chi connectivity index (χ1n) is 4.65. The van der Waals surface area contributed by atoms with Crippen molar-refractivity contribution in [2.45, 2.75) is 6.42 Å². The van der Waals surface area contributed by atoms with Gasteiger partial charge in [-0.2, -0.15) is 0 Å². The lowest BCUT2D eigenvalue weighted by Crippen LogP contribution is -2.05. The summed E-state index contributed by atoms with van der Waals surface area (Å²) >= 11 is 11.9. The van der Waals surface area contributed by atoms with Gasteiger partial charge < -0.3 is 5.73 Å². The van der Waals surface area contributed by atoms with Crippen molar-refractivity contribution in [2.24, 2.45) is 5.73 Å². The number of hydrogen-bond donors (Lipinski definition) is 1. The van der Waals surface area contributed by atoms with Gasteiger partial charge in [-0.3, -0.25) is 0 Å². The van der Waals surface area contributed by atoms with Crippen LogP contribution in [0.25, 0.3) is 5.69 Å². The number of tetrazole rings is 1. The van der Waals surface area contributed by atoms with Crippen LogP contribution in [0.5, 0.6) is 0 Å². The van der Waals surface area contributed by atoms with E-state index in [-0.39, 0.29) is 0 Å². The molecule has 1 aromatic carbocycles. The summed E-state index contributed by atoms with van der Waals surface area (Å²) in [4.78, 5) is 1.35. The van der Waals surface area contributed by atoms with Crippen LogP contribution in [0.3, 0.4) is 0 Å². The molecule has 0 amide bonds. The van der Waals surface area contributed by atoms with Crippen LogP contribution < -0.4 is 5.73 Å². The van der Waals surface area contributed by atoms with Gasteiger partial charge in [0.15, 0.2) is 5.82 Å². The van der Waals surface area contributed by atoms with E-state index in [1.807, 2.05) is 0 Å². The van der Waals surface area contributed by atoms with E-state index < -0.39 is 0 Å². The van der Waals surface area contributed by atoms with Gasteiger partial charge in [-0.15, -0.1) is 15.0 Å². The third-order valence-electron chi connectivity index (χ3n) is 1.95. The molecule has 0 bridgehead atoms. The lowest BCUT2D eigenvalue weighted by atomic mass is 10.3. The molecule has 0 aliphatic carbocycles. The fraction of sp³-hybridized carbons (Fsp3) is 0.222. The Labute approximate surface area is 102 Å². The standard InChI is InChI=1S/C9H9Cl2N5/c10-6-1-2-7(11)8(5-6)16-14-9(3-4-12)13-15-16/h1-2,5H,3-4,12H2. The van der Waals surface area contributed by atoms with Crippen molar-refractivity contribution < 1.29 is 0 Å². The quantitative estimate of drug-likeness (QED) is 0.905. The average Bonchev–Trinajstić information content (AvgIpc) is 2.71. The highest BCUT2D eigenvalue weighted by atomic mass is 35.5. The van der Waals surface area contributed by atoms with Gasteiger partial charge in [-0.25, -0.2) is 0 Å². The van der Waals surface area contributed by atoms with E-state index in [9.17, 15) is 0 Å². The number of nitrogens with two attached hydrogens (primary N) is 1. The van der Waals surface area contributed by atoms with E-state index in [1.54, 1.807) is 18.2 Å². The lowest BCUT2D eigenvalue weighted by molar-refractivity contribution is 0.717. The van der Waals surface area contributed by atoms with E-state index in [4.69, 9.17) is 28.9 Å². The monoisotopic (exact) mass is 257 g/mol. The van der Waals surface area contributed by atoms with Gasteiger partial charge >= 0.3 is 0 Å². The zero-order chi connectivity index (χ0) is 11.5. The van der Waals surface area contributed by atoms with Crippen LogP contribution in [0.2, 0.25) is 10.0 Å². The molecule has 0 unspecified atom stereocenters. The van der Waals surface area contributed by atoms with Crippen LogP contribution in [0.4, 0.5) is 0 Å². The predicted molar refractivity (Wildman–Crippen MR) is 61.9 cm³/mol. The molecule has 0 saturated carbocycles. The summed E-state index contributed by atoms with van der Waals surface area (Å²) < 4.78 is 0. The Bertz CT molecular complexity index is 496. The Morgan fingerprint density at radius 2 is 2.12 bits per heavy atom. The zero-order valence-corrected chi connectivity index (χ0v) is 9.78. The van der Waals surface area contributed by atoms with Gasteiger partial charge in [0.05, 0.1) is 5.02 Å². The molecule has 0 atom stereocenters. The number of aromatic nitrogens is 4. The first-order chi connectivity index (χ1) is 7.70. The second-order valence-electron chi connectivity index (χ2n) is 3.13. The highest BCUT2D eigenvalue weighted by Crippen LogP contribution is 2.22. The molecule has 0 aliphatic heterocycles. The van der Waals surface area contributed by atoms with Crippen molar-refractivity contribution >= 4 is 23.2 Å². The SMILES string of the molecule is NCCc1nnn(-c2cc(Cl)ccc2Cl)n1. The van der Waals surface area contributed by atoms with Crippen molar-refractivity contribution in [3.05, 3.63) is 34.1 Å². The number of benzene rings is 1. The first kappa shape index (κ1) is 11.3. The van der Waals surface area contributed by atoms with Crippen LogP contribution in [0.15, 0.2) is 18.2 Å². The van der Waals surface area contributed by atoms with E-state index >= 15 is 0 Å². The molecular weight excluding hydrogens is 249 g/mol. The highest BCUT2D eigenvalue weighted by Gasteiger charge is 2.08. The lowest BCUT2D eigenvalue weighted by Gasteiger charge is -2.01. The Morgan fingerprint density at radius 3 is 2.88 bits per heavy atom. The number of nitrogens with zero attached hydrogens (tertiary/aromatic N) is 4. The second kappa shape index (κ2) is 4.78. The second-order valence-corrected chi connectivity index (χ2v) is 3.97. The van der Waals surface area contributed by atoms with Crippen LogP contribution in [-0.4, -0.2) is 26.8 Å². The fourth-order valence-corrected chi connectivity index (χ4v) is 1.57. The Balaban J connectivity index is 2.38. The van der Waals surface area contributed by atoms with Gasteiger partial charge in [0.25, 0.3) is 0 Å². The summed E-state index contributed by atoms with van der Waals surface area (Å²) in [5, 5.41) is 13.0. The van der Waals surface area contributed by atoms with Gasteiger partial charge in [0, 0.05) is 11.4 Å². The zero-order valence-electron chi connectivity index (χ0n) is 8.27. The minimum Gasteiger partial charge on any atom is -0.330 e. The van der Waals surface area contributed by atoms with Crippen LogP contribution in [0, 0.1) is 0 Å². The maximum absolute atomic E-state index is 6.01. The Hall–Kier alpha value is -1.17. The molecule has 5 nitrogen and oxygen atoms in total. The summed E-state index contributed by atoms with van der Waals surface area (Å²) in [6, 6.07) is 5.06. The molecule has 0 aliphatic rings. The normalized spacial score (nSPS) is 10.7.